The van der Waals surface area contributed by atoms with Gasteiger partial charge in [-0.15, -0.1) is 0 Å². The van der Waals surface area contributed by atoms with Gasteiger partial charge in [-0.3, -0.25) is 4.79 Å². The predicted octanol–water partition coefficient (Wildman–Crippen LogP) is 2.20. The summed E-state index contributed by atoms with van der Waals surface area (Å²) in [5.74, 6) is 0.675. The lowest BCUT2D eigenvalue weighted by atomic mass is 9.90. The Hall–Kier alpha value is -1.31. The number of anilines is 1. The maximum atomic E-state index is 11.8. The van der Waals surface area contributed by atoms with Crippen LogP contribution in [0.3, 0.4) is 0 Å². The summed E-state index contributed by atoms with van der Waals surface area (Å²) in [6.45, 7) is 0. The van der Waals surface area contributed by atoms with E-state index >= 15 is 0 Å². The van der Waals surface area contributed by atoms with Crippen molar-refractivity contribution < 1.29 is 4.79 Å². The van der Waals surface area contributed by atoms with Crippen molar-refractivity contribution in [2.75, 3.05) is 4.90 Å². The molecule has 14 heavy (non-hydrogen) atoms. The highest BCUT2D eigenvalue weighted by atomic mass is 16.2. The molecule has 1 aliphatic heterocycles. The van der Waals surface area contributed by atoms with Crippen LogP contribution < -0.4 is 4.90 Å². The van der Waals surface area contributed by atoms with Crippen LogP contribution in [-0.2, 0) is 4.79 Å². The van der Waals surface area contributed by atoms with Crippen LogP contribution in [0.4, 0.5) is 5.69 Å². The van der Waals surface area contributed by atoms with Crippen molar-refractivity contribution in [3.8, 4) is 0 Å². The lowest BCUT2D eigenvalue weighted by molar-refractivity contribution is -0.128. The van der Waals surface area contributed by atoms with Gasteiger partial charge in [0.05, 0.1) is 5.92 Å². The minimum atomic E-state index is 0.332. The van der Waals surface area contributed by atoms with Crippen molar-refractivity contribution in [3.05, 3.63) is 30.3 Å². The summed E-state index contributed by atoms with van der Waals surface area (Å²) in [7, 11) is 0. The van der Waals surface area contributed by atoms with Gasteiger partial charge >= 0.3 is 0 Å². The third-order valence-electron chi connectivity index (χ3n) is 3.40. The molecule has 2 nitrogen and oxygen atoms in total. The van der Waals surface area contributed by atoms with Crippen LogP contribution in [0.2, 0.25) is 0 Å². The summed E-state index contributed by atoms with van der Waals surface area (Å²) in [6.07, 6.45) is 3.50. The molecule has 0 aromatic heterocycles. The lowest BCUT2D eigenvalue weighted by Crippen LogP contribution is -2.58. The molecule has 0 N–H and O–H groups in total. The van der Waals surface area contributed by atoms with Crippen molar-refractivity contribution >= 4 is 11.6 Å². The molecule has 0 radical (unpaired) electrons. The van der Waals surface area contributed by atoms with E-state index in [0.29, 0.717) is 17.9 Å². The van der Waals surface area contributed by atoms with Gasteiger partial charge in [-0.1, -0.05) is 24.6 Å². The zero-order chi connectivity index (χ0) is 9.54. The van der Waals surface area contributed by atoms with E-state index in [-0.39, 0.29) is 0 Å². The average Bonchev–Trinajstić information content (AvgIpc) is 2.63. The van der Waals surface area contributed by atoms with Gasteiger partial charge in [0.2, 0.25) is 5.91 Å². The molecule has 72 valence electrons. The largest absolute Gasteiger partial charge is 0.308 e. The fourth-order valence-corrected chi connectivity index (χ4v) is 2.70. The zero-order valence-corrected chi connectivity index (χ0v) is 8.02. The second kappa shape index (κ2) is 2.84. The maximum absolute atomic E-state index is 11.8. The summed E-state index contributed by atoms with van der Waals surface area (Å²) >= 11 is 0. The molecule has 0 bridgehead atoms. The second-order valence-electron chi connectivity index (χ2n) is 4.15. The highest BCUT2D eigenvalue weighted by Gasteiger charge is 2.50. The van der Waals surface area contributed by atoms with Crippen LogP contribution in [0.25, 0.3) is 0 Å². The molecule has 2 fully saturated rings. The molecule has 2 atom stereocenters. The monoisotopic (exact) mass is 187 g/mol. The number of amides is 1. The number of carbonyl (C=O) groups excluding carboxylic acids is 1. The van der Waals surface area contributed by atoms with Crippen LogP contribution in [0.5, 0.6) is 0 Å². The topological polar surface area (TPSA) is 20.3 Å². The number of para-hydroxylation sites is 1. The zero-order valence-electron chi connectivity index (χ0n) is 8.02. The minimum Gasteiger partial charge on any atom is -0.308 e. The van der Waals surface area contributed by atoms with E-state index in [0.717, 1.165) is 12.1 Å². The first-order valence-corrected chi connectivity index (χ1v) is 5.26. The molecule has 2 unspecified atom stereocenters. The van der Waals surface area contributed by atoms with Crippen LogP contribution in [-0.4, -0.2) is 11.9 Å². The van der Waals surface area contributed by atoms with E-state index in [1.165, 1.54) is 12.8 Å². The van der Waals surface area contributed by atoms with Gasteiger partial charge < -0.3 is 4.90 Å². The standard InChI is InChI=1S/C12H13NO/c14-12-10-7-4-8-11(10)13(12)9-5-2-1-3-6-9/h1-3,5-6,10-11H,4,7-8H2. The van der Waals surface area contributed by atoms with Gasteiger partial charge in [0.25, 0.3) is 0 Å². The normalized spacial score (nSPS) is 30.0. The van der Waals surface area contributed by atoms with Crippen molar-refractivity contribution in [1.29, 1.82) is 0 Å². The first kappa shape index (κ1) is 8.04. The Morgan fingerprint density at radius 3 is 2.71 bits per heavy atom. The summed E-state index contributed by atoms with van der Waals surface area (Å²) < 4.78 is 0. The Balaban J connectivity index is 1.90. The molecule has 1 aromatic carbocycles. The SMILES string of the molecule is O=C1C2CCCC2N1c1ccccc1. The third-order valence-corrected chi connectivity index (χ3v) is 3.40. The van der Waals surface area contributed by atoms with Crippen molar-refractivity contribution in [2.45, 2.75) is 25.3 Å². The summed E-state index contributed by atoms with van der Waals surface area (Å²) in [5, 5.41) is 0. The Bertz CT molecular complexity index is 360. The Labute approximate surface area is 83.5 Å². The van der Waals surface area contributed by atoms with Gasteiger partial charge in [-0.05, 0) is 25.0 Å². The molecule has 1 saturated carbocycles. The highest BCUT2D eigenvalue weighted by molar-refractivity contribution is 6.03. The van der Waals surface area contributed by atoms with E-state index in [9.17, 15) is 4.79 Å². The number of benzene rings is 1. The molecule has 0 spiro atoms. The number of fused-ring (bicyclic) bond motifs is 1. The molecule has 2 aliphatic rings. The van der Waals surface area contributed by atoms with Crippen molar-refractivity contribution in [1.82, 2.24) is 0 Å². The summed E-state index contributed by atoms with van der Waals surface area (Å²) in [4.78, 5) is 13.7. The van der Waals surface area contributed by atoms with Crippen molar-refractivity contribution in [3.63, 3.8) is 0 Å². The molecular formula is C12H13NO. The van der Waals surface area contributed by atoms with Gasteiger partial charge in [0, 0.05) is 11.7 Å². The first-order chi connectivity index (χ1) is 6.88. The molecule has 2 heteroatoms. The number of carbonyl (C=O) groups is 1. The average molecular weight is 187 g/mol. The molecule has 1 saturated heterocycles. The number of rotatable bonds is 1. The lowest BCUT2D eigenvalue weighted by Gasteiger charge is -2.43. The second-order valence-corrected chi connectivity index (χ2v) is 4.15. The molecular weight excluding hydrogens is 174 g/mol. The summed E-state index contributed by atoms with van der Waals surface area (Å²) in [6, 6.07) is 10.5. The Kier molecular flexibility index (Phi) is 1.63. The van der Waals surface area contributed by atoms with Gasteiger partial charge in [-0.2, -0.15) is 0 Å². The van der Waals surface area contributed by atoms with Crippen LogP contribution >= 0.6 is 0 Å². The van der Waals surface area contributed by atoms with Crippen LogP contribution in [0.1, 0.15) is 19.3 Å². The number of β-lactam (4-membered cyclic amide) rings is 1. The van der Waals surface area contributed by atoms with E-state index < -0.39 is 0 Å². The van der Waals surface area contributed by atoms with E-state index in [1.54, 1.807) is 0 Å². The molecule has 1 aliphatic carbocycles. The first-order valence-electron chi connectivity index (χ1n) is 5.26. The molecule has 1 heterocycles. The third kappa shape index (κ3) is 0.939. The molecule has 1 aromatic rings. The summed E-state index contributed by atoms with van der Waals surface area (Å²) in [5.41, 5.74) is 1.07. The predicted molar refractivity (Wildman–Crippen MR) is 55.1 cm³/mol. The van der Waals surface area contributed by atoms with Gasteiger partial charge in [0.1, 0.15) is 0 Å². The number of hydrogen-bond acceptors (Lipinski definition) is 1. The maximum Gasteiger partial charge on any atom is 0.232 e. The van der Waals surface area contributed by atoms with E-state index in [4.69, 9.17) is 0 Å². The van der Waals surface area contributed by atoms with E-state index in [1.807, 2.05) is 35.2 Å². The quantitative estimate of drug-likeness (QED) is 0.617. The molecule has 1 amide bonds. The van der Waals surface area contributed by atoms with Crippen molar-refractivity contribution in [2.24, 2.45) is 5.92 Å². The fraction of sp³-hybridized carbons (Fsp3) is 0.417. The van der Waals surface area contributed by atoms with Gasteiger partial charge in [0.15, 0.2) is 0 Å². The van der Waals surface area contributed by atoms with E-state index in [2.05, 4.69) is 0 Å². The minimum absolute atomic E-state index is 0.332. The highest BCUT2D eigenvalue weighted by Crippen LogP contribution is 2.42. The molecule has 3 rings (SSSR count). The van der Waals surface area contributed by atoms with Gasteiger partial charge in [-0.25, -0.2) is 0 Å². The smallest absolute Gasteiger partial charge is 0.232 e. The van der Waals surface area contributed by atoms with Crippen LogP contribution in [0.15, 0.2) is 30.3 Å². The fourth-order valence-electron chi connectivity index (χ4n) is 2.70. The number of nitrogens with zero attached hydrogens (tertiary/aromatic N) is 1. The van der Waals surface area contributed by atoms with Crippen LogP contribution in [0, 0.1) is 5.92 Å². The number of hydrogen-bond donors (Lipinski definition) is 0. The Morgan fingerprint density at radius 2 is 1.93 bits per heavy atom. The Morgan fingerprint density at radius 1 is 1.14 bits per heavy atom.